The van der Waals surface area contributed by atoms with Crippen molar-refractivity contribution in [2.75, 3.05) is 26.7 Å². The Hall–Kier alpha value is -0.630. The van der Waals surface area contributed by atoms with Gasteiger partial charge in [-0.25, -0.2) is 8.42 Å². The summed E-state index contributed by atoms with van der Waals surface area (Å²) >= 11 is 3.35. The molecule has 1 N–H and O–H groups in total. The summed E-state index contributed by atoms with van der Waals surface area (Å²) in [4.78, 5) is 0.314. The number of nitrogens with one attached hydrogen (secondary N) is 1. The van der Waals surface area contributed by atoms with Crippen molar-refractivity contribution in [3.8, 4) is 5.75 Å². The predicted octanol–water partition coefficient (Wildman–Crippen LogP) is 1.83. The third-order valence-corrected chi connectivity index (χ3v) is 6.77. The number of hydrogen-bond acceptors (Lipinski definition) is 4. The molecule has 0 spiro atoms. The van der Waals surface area contributed by atoms with Gasteiger partial charge in [-0.3, -0.25) is 0 Å². The Morgan fingerprint density at radius 3 is 2.86 bits per heavy atom. The second kappa shape index (κ2) is 5.87. The van der Waals surface area contributed by atoms with E-state index < -0.39 is 10.0 Å². The Labute approximate surface area is 133 Å². The minimum absolute atomic E-state index is 0.301. The molecule has 1 aromatic carbocycles. The van der Waals surface area contributed by atoms with Crippen molar-refractivity contribution in [2.45, 2.75) is 23.8 Å². The van der Waals surface area contributed by atoms with Crippen molar-refractivity contribution in [1.82, 2.24) is 9.62 Å². The molecule has 2 unspecified atom stereocenters. The van der Waals surface area contributed by atoms with Gasteiger partial charge in [-0.1, -0.05) is 0 Å². The third kappa shape index (κ3) is 2.84. The molecule has 7 heteroatoms. The molecule has 0 aliphatic carbocycles. The first kappa shape index (κ1) is 15.3. The van der Waals surface area contributed by atoms with Crippen molar-refractivity contribution >= 4 is 26.0 Å². The molecule has 116 valence electrons. The summed E-state index contributed by atoms with van der Waals surface area (Å²) in [5, 5.41) is 3.43. The first-order valence-corrected chi connectivity index (χ1v) is 9.33. The second-order valence-electron chi connectivity index (χ2n) is 5.58. The molecular formula is C14H19BrN2O3S. The second-order valence-corrected chi connectivity index (χ2v) is 8.37. The maximum atomic E-state index is 12.8. The van der Waals surface area contributed by atoms with Gasteiger partial charge in [-0.2, -0.15) is 4.31 Å². The summed E-state index contributed by atoms with van der Waals surface area (Å²) in [5.41, 5.74) is 0. The van der Waals surface area contributed by atoms with E-state index in [1.165, 1.54) is 0 Å². The van der Waals surface area contributed by atoms with Gasteiger partial charge in [0, 0.05) is 19.1 Å². The molecular weight excluding hydrogens is 356 g/mol. The van der Waals surface area contributed by atoms with Crippen LogP contribution in [0.1, 0.15) is 12.8 Å². The maximum Gasteiger partial charge on any atom is 0.243 e. The highest BCUT2D eigenvalue weighted by Crippen LogP contribution is 2.32. The molecule has 0 bridgehead atoms. The molecule has 3 rings (SSSR count). The lowest BCUT2D eigenvalue weighted by Crippen LogP contribution is -2.41. The van der Waals surface area contributed by atoms with E-state index >= 15 is 0 Å². The average molecular weight is 375 g/mol. The molecule has 0 amide bonds. The molecule has 2 fully saturated rings. The zero-order chi connectivity index (χ0) is 15.0. The Kier molecular flexibility index (Phi) is 4.27. The number of nitrogens with zero attached hydrogens (tertiary/aromatic N) is 1. The van der Waals surface area contributed by atoms with Gasteiger partial charge in [-0.15, -0.1) is 0 Å². The lowest BCUT2D eigenvalue weighted by Gasteiger charge is -2.24. The van der Waals surface area contributed by atoms with Crippen LogP contribution in [-0.4, -0.2) is 45.5 Å². The number of methoxy groups -OCH3 is 1. The molecule has 5 nitrogen and oxygen atoms in total. The molecule has 2 heterocycles. The van der Waals surface area contributed by atoms with E-state index in [1.807, 2.05) is 0 Å². The molecule has 0 radical (unpaired) electrons. The summed E-state index contributed by atoms with van der Waals surface area (Å²) in [7, 11) is -1.88. The van der Waals surface area contributed by atoms with Gasteiger partial charge in [0.1, 0.15) is 5.75 Å². The van der Waals surface area contributed by atoms with Crippen LogP contribution in [0.15, 0.2) is 27.6 Å². The van der Waals surface area contributed by atoms with Crippen LogP contribution in [0.3, 0.4) is 0 Å². The van der Waals surface area contributed by atoms with E-state index in [1.54, 1.807) is 29.6 Å². The van der Waals surface area contributed by atoms with Gasteiger partial charge in [0.2, 0.25) is 10.0 Å². The number of halogens is 1. The zero-order valence-electron chi connectivity index (χ0n) is 11.9. The number of ether oxygens (including phenoxy) is 1. The summed E-state index contributed by atoms with van der Waals surface area (Å²) in [6.45, 7) is 2.17. The van der Waals surface area contributed by atoms with Gasteiger partial charge in [-0.05, 0) is 59.4 Å². The molecule has 2 aliphatic rings. The van der Waals surface area contributed by atoms with E-state index in [0.29, 0.717) is 40.2 Å². The van der Waals surface area contributed by atoms with Crippen LogP contribution in [0.5, 0.6) is 5.75 Å². The highest BCUT2D eigenvalue weighted by molar-refractivity contribution is 9.10. The van der Waals surface area contributed by atoms with Crippen molar-refractivity contribution in [1.29, 1.82) is 0 Å². The van der Waals surface area contributed by atoms with E-state index in [9.17, 15) is 8.42 Å². The van der Waals surface area contributed by atoms with Gasteiger partial charge in [0.05, 0.1) is 16.5 Å². The van der Waals surface area contributed by atoms with Gasteiger partial charge < -0.3 is 10.1 Å². The lowest BCUT2D eigenvalue weighted by atomic mass is 9.94. The number of hydrogen-bond donors (Lipinski definition) is 1. The monoisotopic (exact) mass is 374 g/mol. The number of piperidine rings is 1. The topological polar surface area (TPSA) is 58.6 Å². The molecule has 2 saturated heterocycles. The predicted molar refractivity (Wildman–Crippen MR) is 84.0 cm³/mol. The van der Waals surface area contributed by atoms with E-state index in [2.05, 4.69) is 21.2 Å². The standard InChI is InChI=1S/C14H19BrN2O3S/c1-20-14-5-4-11(7-12(14)15)21(18,19)17-8-10-3-2-6-16-13(10)9-17/h4-5,7,10,13,16H,2-3,6,8-9H2,1H3. The molecule has 2 atom stereocenters. The van der Waals surface area contributed by atoms with Crippen LogP contribution in [-0.2, 0) is 10.0 Å². The van der Waals surface area contributed by atoms with Crippen molar-refractivity contribution < 1.29 is 13.2 Å². The SMILES string of the molecule is COc1ccc(S(=O)(=O)N2CC3CCCNC3C2)cc1Br. The number of rotatable bonds is 3. The largest absolute Gasteiger partial charge is 0.496 e. The van der Waals surface area contributed by atoms with Crippen LogP contribution in [0.25, 0.3) is 0 Å². The first-order valence-electron chi connectivity index (χ1n) is 7.09. The Balaban J connectivity index is 1.85. The van der Waals surface area contributed by atoms with Gasteiger partial charge in [0.25, 0.3) is 0 Å². The smallest absolute Gasteiger partial charge is 0.243 e. The number of sulfonamides is 1. The van der Waals surface area contributed by atoms with E-state index in [0.717, 1.165) is 19.4 Å². The maximum absolute atomic E-state index is 12.8. The van der Waals surface area contributed by atoms with Crippen molar-refractivity contribution in [3.63, 3.8) is 0 Å². The lowest BCUT2D eigenvalue weighted by molar-refractivity contribution is 0.339. The summed E-state index contributed by atoms with van der Waals surface area (Å²) in [5.74, 6) is 1.07. The van der Waals surface area contributed by atoms with Crippen LogP contribution in [0, 0.1) is 5.92 Å². The van der Waals surface area contributed by atoms with Crippen LogP contribution in [0.2, 0.25) is 0 Å². The molecule has 21 heavy (non-hydrogen) atoms. The fourth-order valence-electron chi connectivity index (χ4n) is 3.16. The minimum Gasteiger partial charge on any atom is -0.496 e. The van der Waals surface area contributed by atoms with Crippen LogP contribution >= 0.6 is 15.9 Å². The number of benzene rings is 1. The fraction of sp³-hybridized carbons (Fsp3) is 0.571. The molecule has 2 aliphatic heterocycles. The van der Waals surface area contributed by atoms with E-state index in [4.69, 9.17) is 4.74 Å². The fourth-order valence-corrected chi connectivity index (χ4v) is 5.40. The van der Waals surface area contributed by atoms with Gasteiger partial charge >= 0.3 is 0 Å². The van der Waals surface area contributed by atoms with Crippen molar-refractivity contribution in [2.24, 2.45) is 5.92 Å². The average Bonchev–Trinajstić information content (AvgIpc) is 2.92. The Morgan fingerprint density at radius 2 is 2.19 bits per heavy atom. The number of fused-ring (bicyclic) bond motifs is 1. The summed E-state index contributed by atoms with van der Waals surface area (Å²) in [6.07, 6.45) is 2.24. The summed E-state index contributed by atoms with van der Waals surface area (Å²) < 4.78 is 32.9. The van der Waals surface area contributed by atoms with Crippen molar-refractivity contribution in [3.05, 3.63) is 22.7 Å². The quantitative estimate of drug-likeness (QED) is 0.876. The van der Waals surface area contributed by atoms with Crippen LogP contribution in [0.4, 0.5) is 0 Å². The minimum atomic E-state index is -3.44. The van der Waals surface area contributed by atoms with Crippen LogP contribution < -0.4 is 10.1 Å². The Bertz CT molecular complexity index is 621. The third-order valence-electron chi connectivity index (χ3n) is 4.33. The first-order chi connectivity index (χ1) is 10.0. The van der Waals surface area contributed by atoms with E-state index in [-0.39, 0.29) is 0 Å². The highest BCUT2D eigenvalue weighted by Gasteiger charge is 2.40. The molecule has 0 aromatic heterocycles. The highest BCUT2D eigenvalue weighted by atomic mass is 79.9. The normalized spacial score (nSPS) is 26.6. The zero-order valence-corrected chi connectivity index (χ0v) is 14.3. The molecule has 1 aromatic rings. The van der Waals surface area contributed by atoms with Gasteiger partial charge in [0.15, 0.2) is 0 Å². The molecule has 0 saturated carbocycles. The Morgan fingerprint density at radius 1 is 1.38 bits per heavy atom. The summed E-state index contributed by atoms with van der Waals surface area (Å²) in [6, 6.07) is 5.20.